The smallest absolute Gasteiger partial charge is 0.162 e. The molecule has 25 heavy (non-hydrogen) atoms. The van der Waals surface area contributed by atoms with Crippen molar-refractivity contribution in [2.24, 2.45) is 0 Å². The Morgan fingerprint density at radius 1 is 1.08 bits per heavy atom. The minimum Gasteiger partial charge on any atom is -0.378 e. The number of hydrogen-bond donors (Lipinski definition) is 0. The zero-order chi connectivity index (χ0) is 17.4. The average molecular weight is 341 g/mol. The first kappa shape index (κ1) is 16.4. The van der Waals surface area contributed by atoms with Crippen LogP contribution < -0.4 is 0 Å². The predicted molar refractivity (Wildman–Crippen MR) is 94.1 cm³/mol. The molecule has 2 nitrogen and oxygen atoms in total. The van der Waals surface area contributed by atoms with Crippen LogP contribution in [0.4, 0.5) is 8.78 Å². The van der Waals surface area contributed by atoms with Crippen molar-refractivity contribution in [3.8, 4) is 0 Å². The van der Waals surface area contributed by atoms with Crippen molar-refractivity contribution in [1.29, 1.82) is 0 Å². The number of nitrogens with zero attached hydrogens (tertiary/aromatic N) is 1. The van der Waals surface area contributed by atoms with Gasteiger partial charge < -0.3 is 4.74 Å². The van der Waals surface area contributed by atoms with E-state index in [0.29, 0.717) is 18.8 Å². The van der Waals surface area contributed by atoms with Gasteiger partial charge in [0.25, 0.3) is 0 Å². The van der Waals surface area contributed by atoms with Gasteiger partial charge in [-0.15, -0.1) is 0 Å². The zero-order valence-corrected chi connectivity index (χ0v) is 14.2. The summed E-state index contributed by atoms with van der Waals surface area (Å²) in [6.45, 7) is 3.83. The molecule has 1 saturated heterocycles. The number of rotatable bonds is 3. The Kier molecular flexibility index (Phi) is 4.40. The monoisotopic (exact) mass is 341 g/mol. The van der Waals surface area contributed by atoms with Gasteiger partial charge in [0, 0.05) is 12.6 Å². The third-order valence-corrected chi connectivity index (χ3v) is 5.24. The lowest BCUT2D eigenvalue weighted by Crippen LogP contribution is -2.53. The Hall–Kier alpha value is -2.04. The van der Waals surface area contributed by atoms with Crippen molar-refractivity contribution in [2.75, 3.05) is 13.2 Å². The van der Waals surface area contributed by atoms with Gasteiger partial charge in [0.15, 0.2) is 11.6 Å². The molecule has 0 N–H and O–H groups in total. The van der Waals surface area contributed by atoms with E-state index in [2.05, 4.69) is 35.2 Å². The molecular weight excluding hydrogens is 320 g/mol. The Bertz CT molecular complexity index is 803. The summed E-state index contributed by atoms with van der Waals surface area (Å²) in [6.07, 6.45) is 2.95. The molecule has 2 heterocycles. The molecule has 0 aromatic heterocycles. The maximum atomic E-state index is 14.0. The molecule has 2 atom stereocenters. The minimum absolute atomic E-state index is 0.162. The molecule has 0 amide bonds. The molecule has 0 radical (unpaired) electrons. The van der Waals surface area contributed by atoms with Crippen LogP contribution in [0.25, 0.3) is 5.57 Å². The van der Waals surface area contributed by atoms with Gasteiger partial charge in [-0.05, 0) is 41.7 Å². The van der Waals surface area contributed by atoms with Crippen LogP contribution in [0.2, 0.25) is 0 Å². The van der Waals surface area contributed by atoms with Gasteiger partial charge in [-0.2, -0.15) is 0 Å². The number of halogens is 2. The van der Waals surface area contributed by atoms with Crippen LogP contribution in [0.15, 0.2) is 48.5 Å². The molecule has 2 aliphatic rings. The number of ether oxygens (including phenoxy) is 1. The summed E-state index contributed by atoms with van der Waals surface area (Å²) in [5.74, 6) is -1.53. The minimum atomic E-state index is -0.785. The number of morpholine rings is 1. The summed E-state index contributed by atoms with van der Waals surface area (Å²) in [6, 6.07) is 13.7. The first-order valence-electron chi connectivity index (χ1n) is 8.66. The highest BCUT2D eigenvalue weighted by molar-refractivity contribution is 5.70. The van der Waals surface area contributed by atoms with Crippen LogP contribution in [-0.2, 0) is 11.3 Å². The summed E-state index contributed by atoms with van der Waals surface area (Å²) < 4.78 is 33.1. The molecule has 4 rings (SSSR count). The van der Waals surface area contributed by atoms with E-state index in [1.54, 1.807) is 13.0 Å². The van der Waals surface area contributed by atoms with Crippen LogP contribution >= 0.6 is 0 Å². The lowest BCUT2D eigenvalue weighted by molar-refractivity contribution is -0.0402. The Morgan fingerprint density at radius 3 is 2.64 bits per heavy atom. The van der Waals surface area contributed by atoms with Gasteiger partial charge in [0.1, 0.15) is 0 Å². The number of benzene rings is 2. The van der Waals surface area contributed by atoms with Gasteiger partial charge in [0.2, 0.25) is 0 Å². The molecule has 0 aliphatic carbocycles. The summed E-state index contributed by atoms with van der Waals surface area (Å²) in [4.78, 5) is 2.46. The molecule has 4 heteroatoms. The molecule has 1 fully saturated rings. The van der Waals surface area contributed by atoms with Gasteiger partial charge in [-0.25, -0.2) is 8.78 Å². The zero-order valence-electron chi connectivity index (χ0n) is 14.2. The maximum absolute atomic E-state index is 14.0. The maximum Gasteiger partial charge on any atom is 0.162 e. The fraction of sp³-hybridized carbons (Fsp3) is 0.333. The molecular formula is C21H21F2NO. The van der Waals surface area contributed by atoms with Crippen LogP contribution in [0, 0.1) is 18.6 Å². The summed E-state index contributed by atoms with van der Waals surface area (Å²) in [5, 5.41) is 0. The van der Waals surface area contributed by atoms with E-state index in [4.69, 9.17) is 4.74 Å². The molecule has 0 saturated carbocycles. The predicted octanol–water partition coefficient (Wildman–Crippen LogP) is 4.33. The van der Waals surface area contributed by atoms with Crippen molar-refractivity contribution in [2.45, 2.75) is 32.0 Å². The van der Waals surface area contributed by atoms with Crippen molar-refractivity contribution < 1.29 is 13.5 Å². The lowest BCUT2D eigenvalue weighted by atomic mass is 9.87. The molecule has 0 spiro atoms. The highest BCUT2D eigenvalue weighted by atomic mass is 19.2. The SMILES string of the molecule is Cc1c(C2=CC3COCC(C2)N3Cc2ccccc2)ccc(F)c1F. The molecule has 2 unspecified atom stereocenters. The summed E-state index contributed by atoms with van der Waals surface area (Å²) in [7, 11) is 0. The second kappa shape index (κ2) is 6.70. The molecule has 2 aliphatic heterocycles. The third kappa shape index (κ3) is 3.12. The second-order valence-corrected chi connectivity index (χ2v) is 6.85. The van der Waals surface area contributed by atoms with E-state index in [1.807, 2.05) is 6.07 Å². The van der Waals surface area contributed by atoms with Crippen molar-refractivity contribution >= 4 is 5.57 Å². The van der Waals surface area contributed by atoms with E-state index >= 15 is 0 Å². The van der Waals surface area contributed by atoms with Crippen LogP contribution in [0.5, 0.6) is 0 Å². The van der Waals surface area contributed by atoms with E-state index in [9.17, 15) is 8.78 Å². The van der Waals surface area contributed by atoms with Crippen LogP contribution in [-0.4, -0.2) is 30.2 Å². The van der Waals surface area contributed by atoms with Gasteiger partial charge in [0.05, 0.1) is 19.3 Å². The fourth-order valence-electron chi connectivity index (χ4n) is 3.90. The van der Waals surface area contributed by atoms with Gasteiger partial charge in [-0.3, -0.25) is 4.90 Å². The number of fused-ring (bicyclic) bond motifs is 2. The molecule has 130 valence electrons. The molecule has 2 bridgehead atoms. The van der Waals surface area contributed by atoms with Crippen molar-refractivity contribution in [3.63, 3.8) is 0 Å². The van der Waals surface area contributed by atoms with E-state index < -0.39 is 11.6 Å². The molecule has 2 aromatic rings. The van der Waals surface area contributed by atoms with Gasteiger partial charge in [-0.1, -0.05) is 42.5 Å². The number of hydrogen-bond acceptors (Lipinski definition) is 2. The van der Waals surface area contributed by atoms with E-state index in [-0.39, 0.29) is 12.1 Å². The first-order chi connectivity index (χ1) is 12.1. The largest absolute Gasteiger partial charge is 0.378 e. The molecule has 2 aromatic carbocycles. The summed E-state index contributed by atoms with van der Waals surface area (Å²) in [5.41, 5.74) is 3.58. The topological polar surface area (TPSA) is 12.5 Å². The summed E-state index contributed by atoms with van der Waals surface area (Å²) >= 11 is 0. The first-order valence-corrected chi connectivity index (χ1v) is 8.66. The quantitative estimate of drug-likeness (QED) is 0.824. The Morgan fingerprint density at radius 2 is 1.88 bits per heavy atom. The van der Waals surface area contributed by atoms with Crippen LogP contribution in [0.1, 0.15) is 23.1 Å². The van der Waals surface area contributed by atoms with Crippen molar-refractivity contribution in [3.05, 3.63) is 76.9 Å². The van der Waals surface area contributed by atoms with E-state index in [1.165, 1.54) is 11.6 Å². The standard InChI is InChI=1S/C21H21F2NO/c1-14-19(7-8-20(22)21(14)23)16-9-17-12-25-13-18(10-16)24(17)11-15-5-3-2-4-6-15/h2-9,17-18H,10-13H2,1H3. The Balaban J connectivity index is 1.64. The van der Waals surface area contributed by atoms with Crippen LogP contribution in [0.3, 0.4) is 0 Å². The fourth-order valence-corrected chi connectivity index (χ4v) is 3.90. The highest BCUT2D eigenvalue weighted by Crippen LogP contribution is 2.35. The van der Waals surface area contributed by atoms with E-state index in [0.717, 1.165) is 24.1 Å². The second-order valence-electron chi connectivity index (χ2n) is 6.85. The van der Waals surface area contributed by atoms with Crippen molar-refractivity contribution in [1.82, 2.24) is 4.90 Å². The third-order valence-electron chi connectivity index (χ3n) is 5.24. The Labute approximate surface area is 146 Å². The highest BCUT2D eigenvalue weighted by Gasteiger charge is 2.35. The lowest BCUT2D eigenvalue weighted by Gasteiger charge is -2.45. The normalized spacial score (nSPS) is 23.4. The average Bonchev–Trinajstić information content (AvgIpc) is 2.61. The van der Waals surface area contributed by atoms with Gasteiger partial charge >= 0.3 is 0 Å².